The summed E-state index contributed by atoms with van der Waals surface area (Å²) in [5.41, 5.74) is 13.8. The van der Waals surface area contributed by atoms with Gasteiger partial charge in [0, 0.05) is 11.1 Å². The Morgan fingerprint density at radius 3 is 1.70 bits per heavy atom. The molecule has 260 valence electrons. The van der Waals surface area contributed by atoms with E-state index in [9.17, 15) is 0 Å². The molecule has 5 aliphatic heterocycles. The van der Waals surface area contributed by atoms with Gasteiger partial charge in [-0.2, -0.15) is 0 Å². The van der Waals surface area contributed by atoms with Gasteiger partial charge in [-0.25, -0.2) is 20.0 Å². The fourth-order valence-corrected chi connectivity index (χ4v) is 8.06. The molecular weight excluding hydrogens is 657 g/mol. The maximum atomic E-state index is 5.54. The number of hydrogen-bond donors (Lipinski definition) is 0. The first kappa shape index (κ1) is 32.4. The Labute approximate surface area is 316 Å². The van der Waals surface area contributed by atoms with Crippen LogP contribution in [0.1, 0.15) is 63.8 Å². The summed E-state index contributed by atoms with van der Waals surface area (Å²) in [6.45, 7) is 13.7. The largest absolute Gasteiger partial charge is 0.249 e. The van der Waals surface area contributed by atoms with Gasteiger partial charge in [-0.1, -0.05) is 114 Å². The van der Waals surface area contributed by atoms with Crippen molar-refractivity contribution in [2.75, 3.05) is 0 Å². The summed E-state index contributed by atoms with van der Waals surface area (Å²) in [7, 11) is 0. The number of benzene rings is 5. The molecule has 54 heavy (non-hydrogen) atoms. The minimum Gasteiger partial charge on any atom is -0.249 e. The molecule has 0 saturated heterocycles. The van der Waals surface area contributed by atoms with E-state index < -0.39 is 0 Å². The van der Waals surface area contributed by atoms with Crippen LogP contribution in [0.5, 0.6) is 0 Å². The highest BCUT2D eigenvalue weighted by molar-refractivity contribution is 6.39. The lowest BCUT2D eigenvalue weighted by Gasteiger charge is -2.26. The number of hydrogen-bond acceptors (Lipinski definition) is 4. The van der Waals surface area contributed by atoms with Crippen LogP contribution in [0, 0.1) is 0 Å². The summed E-state index contributed by atoms with van der Waals surface area (Å²) < 4.78 is 0. The van der Waals surface area contributed by atoms with Gasteiger partial charge >= 0.3 is 0 Å². The van der Waals surface area contributed by atoms with Crippen molar-refractivity contribution in [2.45, 2.75) is 52.4 Å². The Morgan fingerprint density at radius 2 is 1.04 bits per heavy atom. The minimum absolute atomic E-state index is 0.0351. The van der Waals surface area contributed by atoms with Crippen molar-refractivity contribution in [3.05, 3.63) is 179 Å². The third kappa shape index (κ3) is 5.44. The molecule has 5 heterocycles. The van der Waals surface area contributed by atoms with Crippen LogP contribution in [0.25, 0.3) is 43.5 Å². The van der Waals surface area contributed by atoms with Crippen LogP contribution in [0.15, 0.2) is 176 Å². The summed E-state index contributed by atoms with van der Waals surface area (Å²) in [6, 6.07) is 27.2. The molecule has 4 heteroatoms. The van der Waals surface area contributed by atoms with Crippen LogP contribution in [0.3, 0.4) is 0 Å². The molecule has 5 aliphatic rings. The van der Waals surface area contributed by atoms with Crippen molar-refractivity contribution in [1.29, 1.82) is 0 Å². The smallest absolute Gasteiger partial charge is 0.0744 e. The molecule has 0 radical (unpaired) electrons. The van der Waals surface area contributed by atoms with Gasteiger partial charge in [0.25, 0.3) is 0 Å². The molecule has 0 amide bonds. The van der Waals surface area contributed by atoms with Crippen LogP contribution in [-0.2, 0) is 10.8 Å². The Hall–Kier alpha value is -6.26. The molecular formula is C50H40N4. The average molecular weight is 697 g/mol. The second-order valence-electron chi connectivity index (χ2n) is 16.9. The summed E-state index contributed by atoms with van der Waals surface area (Å²) in [4.78, 5) is 20.7. The van der Waals surface area contributed by atoms with Crippen molar-refractivity contribution in [2.24, 2.45) is 20.0 Å². The SMILES string of the molecule is CC(C)(C)c1cc(C2=CC3=C(c4ccc5ccc6cccc7ccc4c5c67)C4=NC(=CC5=NC(=CC6=NC(=CC2=N3)C=C6)C=C5)C=C4)cc(C(C)(C)C)c1. The predicted octanol–water partition coefficient (Wildman–Crippen LogP) is 12.1. The third-order valence-electron chi connectivity index (χ3n) is 11.0. The van der Waals surface area contributed by atoms with Crippen molar-refractivity contribution in [3.63, 3.8) is 0 Å². The molecule has 0 saturated carbocycles. The number of allylic oxidation sites excluding steroid dienone is 12. The predicted molar refractivity (Wildman–Crippen MR) is 230 cm³/mol. The summed E-state index contributed by atoms with van der Waals surface area (Å²) in [5.74, 6) is 0. The fourth-order valence-electron chi connectivity index (χ4n) is 8.06. The summed E-state index contributed by atoms with van der Waals surface area (Å²) in [5, 5.41) is 7.46. The van der Waals surface area contributed by atoms with Gasteiger partial charge in [-0.15, -0.1) is 0 Å². The van der Waals surface area contributed by atoms with E-state index in [-0.39, 0.29) is 10.8 Å². The van der Waals surface area contributed by atoms with E-state index in [2.05, 4.69) is 151 Å². The summed E-state index contributed by atoms with van der Waals surface area (Å²) >= 11 is 0. The first-order chi connectivity index (χ1) is 25.9. The second kappa shape index (κ2) is 11.6. The zero-order valence-corrected chi connectivity index (χ0v) is 31.5. The Bertz CT molecular complexity index is 2860. The van der Waals surface area contributed by atoms with Gasteiger partial charge in [-0.3, -0.25) is 0 Å². The molecule has 0 aliphatic carbocycles. The van der Waals surface area contributed by atoms with Crippen LogP contribution in [0.2, 0.25) is 0 Å². The van der Waals surface area contributed by atoms with Gasteiger partial charge in [0.05, 0.1) is 45.6 Å². The normalized spacial score (nSPS) is 18.0. The lowest BCUT2D eigenvalue weighted by Crippen LogP contribution is -2.17. The van der Waals surface area contributed by atoms with Crippen LogP contribution in [0.4, 0.5) is 0 Å². The van der Waals surface area contributed by atoms with Gasteiger partial charge in [-0.05, 0) is 126 Å². The van der Waals surface area contributed by atoms with Crippen LogP contribution < -0.4 is 0 Å². The molecule has 0 N–H and O–H groups in total. The molecule has 5 aromatic carbocycles. The van der Waals surface area contributed by atoms with E-state index >= 15 is 0 Å². The third-order valence-corrected chi connectivity index (χ3v) is 11.0. The Balaban J connectivity index is 1.29. The van der Waals surface area contributed by atoms with Gasteiger partial charge < -0.3 is 0 Å². The lowest BCUT2D eigenvalue weighted by molar-refractivity contribution is 0.568. The highest BCUT2D eigenvalue weighted by Crippen LogP contribution is 2.42. The van der Waals surface area contributed by atoms with Crippen molar-refractivity contribution >= 4 is 66.3 Å². The quantitative estimate of drug-likeness (QED) is 0.165. The van der Waals surface area contributed by atoms with E-state index in [0.29, 0.717) is 0 Å². The van der Waals surface area contributed by atoms with E-state index in [4.69, 9.17) is 20.0 Å². The van der Waals surface area contributed by atoms with E-state index in [0.717, 1.165) is 67.9 Å². The first-order valence-electron chi connectivity index (χ1n) is 18.8. The molecule has 0 atom stereocenters. The maximum absolute atomic E-state index is 5.54. The highest BCUT2D eigenvalue weighted by Gasteiger charge is 2.28. The van der Waals surface area contributed by atoms with E-state index in [1.54, 1.807) is 0 Å². The second-order valence-corrected chi connectivity index (χ2v) is 16.9. The van der Waals surface area contributed by atoms with Crippen LogP contribution in [-0.4, -0.2) is 22.8 Å². The fraction of sp³-hybridized carbons (Fsp3) is 0.160. The van der Waals surface area contributed by atoms with E-state index in [1.165, 1.54) is 43.4 Å². The van der Waals surface area contributed by atoms with Crippen molar-refractivity contribution in [1.82, 2.24) is 0 Å². The van der Waals surface area contributed by atoms with Crippen molar-refractivity contribution < 1.29 is 0 Å². The number of rotatable bonds is 2. The topological polar surface area (TPSA) is 49.4 Å². The lowest BCUT2D eigenvalue weighted by atomic mass is 9.78. The molecule has 8 bridgehead atoms. The molecule has 0 aromatic heterocycles. The Kier molecular flexibility index (Phi) is 6.97. The van der Waals surface area contributed by atoms with Crippen molar-refractivity contribution in [3.8, 4) is 0 Å². The van der Waals surface area contributed by atoms with Gasteiger partial charge in [0.1, 0.15) is 0 Å². The zero-order chi connectivity index (χ0) is 36.9. The maximum Gasteiger partial charge on any atom is 0.0744 e. The summed E-state index contributed by atoms with van der Waals surface area (Å²) in [6.07, 6.45) is 20.9. The van der Waals surface area contributed by atoms with Gasteiger partial charge in [0.15, 0.2) is 0 Å². The minimum atomic E-state index is -0.0351. The number of nitrogens with zero attached hydrogens (tertiary/aromatic N) is 4. The Morgan fingerprint density at radius 1 is 0.463 bits per heavy atom. The van der Waals surface area contributed by atoms with E-state index in [1.807, 2.05) is 24.3 Å². The molecule has 4 nitrogen and oxygen atoms in total. The highest BCUT2D eigenvalue weighted by atomic mass is 14.8. The zero-order valence-electron chi connectivity index (χ0n) is 31.5. The number of fused-ring (bicyclic) bond motifs is 4. The van der Waals surface area contributed by atoms with Gasteiger partial charge in [0.2, 0.25) is 0 Å². The first-order valence-corrected chi connectivity index (χ1v) is 18.8. The molecule has 0 spiro atoms. The average Bonchev–Trinajstić information content (AvgIpc) is 3.96. The molecule has 5 aromatic rings. The standard InChI is InChI=1S/C50H40N4/c1-49(2,3)33-22-32(23-34(24-33)50(4,5)6)42-28-45-48(41-20-13-31-11-10-29-8-7-9-30-12-19-40(41)47(31)46(29)30)43-21-18-38(53-43)26-37-15-14-35(51-37)25-36-16-17-39(52-36)27-44(42)54-45/h7-28H,1-6H3. The molecule has 0 unspecified atom stereocenters. The number of aliphatic imine (C=N–C) groups is 4. The van der Waals surface area contributed by atoms with Crippen LogP contribution >= 0.6 is 0 Å². The monoisotopic (exact) mass is 696 g/mol. The molecule has 10 rings (SSSR count). The molecule has 0 fully saturated rings.